The summed E-state index contributed by atoms with van der Waals surface area (Å²) in [6, 6.07) is 12.7. The minimum Gasteiger partial charge on any atom is -0.496 e. The van der Waals surface area contributed by atoms with Gasteiger partial charge in [-0.1, -0.05) is 23.8 Å². The van der Waals surface area contributed by atoms with Gasteiger partial charge in [-0.2, -0.15) is 0 Å². The Morgan fingerprint density at radius 2 is 1.96 bits per heavy atom. The summed E-state index contributed by atoms with van der Waals surface area (Å²) < 4.78 is 6.02. The van der Waals surface area contributed by atoms with Gasteiger partial charge in [-0.3, -0.25) is 9.59 Å². The molecule has 132 valence electrons. The van der Waals surface area contributed by atoms with Crippen molar-refractivity contribution in [2.75, 3.05) is 13.7 Å². The number of benzene rings is 2. The highest BCUT2D eigenvalue weighted by molar-refractivity contribution is 9.10. The number of amides is 2. The van der Waals surface area contributed by atoms with E-state index in [0.29, 0.717) is 5.56 Å². The lowest BCUT2D eigenvalue weighted by Gasteiger charge is -2.16. The predicted octanol–water partition coefficient (Wildman–Crippen LogP) is 3.37. The fourth-order valence-corrected chi connectivity index (χ4v) is 2.94. The second-order valence-electron chi connectivity index (χ2n) is 5.74. The molecule has 25 heavy (non-hydrogen) atoms. The van der Waals surface area contributed by atoms with E-state index in [1.807, 2.05) is 44.2 Å². The van der Waals surface area contributed by atoms with Crippen molar-refractivity contribution in [3.63, 3.8) is 0 Å². The SMILES string of the molecule is COc1ccc(C(C)NC(=O)CNC(=O)c2cccc(C)c2)cc1Br. The zero-order valence-electron chi connectivity index (χ0n) is 14.4. The minimum atomic E-state index is -0.265. The normalized spacial score (nSPS) is 11.5. The van der Waals surface area contributed by atoms with Crippen LogP contribution in [0.2, 0.25) is 0 Å². The molecule has 0 saturated heterocycles. The molecule has 0 bridgehead atoms. The summed E-state index contributed by atoms with van der Waals surface area (Å²) in [6.45, 7) is 3.72. The Hall–Kier alpha value is -2.34. The third-order valence-electron chi connectivity index (χ3n) is 3.74. The van der Waals surface area contributed by atoms with E-state index in [1.165, 1.54) is 0 Å². The van der Waals surface area contributed by atoms with E-state index in [-0.39, 0.29) is 24.4 Å². The quantitative estimate of drug-likeness (QED) is 0.775. The number of ether oxygens (including phenoxy) is 1. The van der Waals surface area contributed by atoms with Crippen LogP contribution in [-0.2, 0) is 4.79 Å². The molecule has 2 aromatic rings. The second kappa shape index (κ2) is 8.67. The average Bonchev–Trinajstić information content (AvgIpc) is 2.59. The molecule has 2 aromatic carbocycles. The number of rotatable bonds is 6. The smallest absolute Gasteiger partial charge is 0.251 e. The molecule has 0 radical (unpaired) electrons. The van der Waals surface area contributed by atoms with Crippen LogP contribution in [0.1, 0.15) is 34.5 Å². The lowest BCUT2D eigenvalue weighted by atomic mass is 10.1. The molecule has 2 rings (SSSR count). The van der Waals surface area contributed by atoms with Gasteiger partial charge in [-0.25, -0.2) is 0 Å². The molecule has 0 aromatic heterocycles. The highest BCUT2D eigenvalue weighted by Crippen LogP contribution is 2.27. The Balaban J connectivity index is 1.89. The van der Waals surface area contributed by atoms with Crippen molar-refractivity contribution < 1.29 is 14.3 Å². The molecule has 0 aliphatic rings. The maximum atomic E-state index is 12.1. The first kappa shape index (κ1) is 19.0. The first-order valence-electron chi connectivity index (χ1n) is 7.88. The van der Waals surface area contributed by atoms with E-state index in [1.54, 1.807) is 19.2 Å². The van der Waals surface area contributed by atoms with Crippen LogP contribution in [-0.4, -0.2) is 25.5 Å². The van der Waals surface area contributed by atoms with Gasteiger partial charge in [-0.15, -0.1) is 0 Å². The molecule has 2 N–H and O–H groups in total. The Labute approximate surface area is 155 Å². The molecule has 0 spiro atoms. The first-order chi connectivity index (χ1) is 11.9. The van der Waals surface area contributed by atoms with Crippen LogP contribution >= 0.6 is 15.9 Å². The van der Waals surface area contributed by atoms with Crippen molar-refractivity contribution in [2.45, 2.75) is 19.9 Å². The number of carbonyl (C=O) groups is 2. The molecule has 5 nitrogen and oxygen atoms in total. The predicted molar refractivity (Wildman–Crippen MR) is 101 cm³/mol. The molecule has 0 saturated carbocycles. The van der Waals surface area contributed by atoms with Crippen molar-refractivity contribution in [1.82, 2.24) is 10.6 Å². The summed E-state index contributed by atoms with van der Waals surface area (Å²) in [4.78, 5) is 24.1. The second-order valence-corrected chi connectivity index (χ2v) is 6.59. The number of hydrogen-bond acceptors (Lipinski definition) is 3. The van der Waals surface area contributed by atoms with Gasteiger partial charge >= 0.3 is 0 Å². The van der Waals surface area contributed by atoms with Gasteiger partial charge in [0.2, 0.25) is 5.91 Å². The summed E-state index contributed by atoms with van der Waals surface area (Å²) in [7, 11) is 1.60. The lowest BCUT2D eigenvalue weighted by molar-refractivity contribution is -0.120. The minimum absolute atomic E-state index is 0.0750. The van der Waals surface area contributed by atoms with Gasteiger partial charge in [-0.05, 0) is 59.6 Å². The summed E-state index contributed by atoms with van der Waals surface area (Å²) >= 11 is 3.43. The third kappa shape index (κ3) is 5.32. The molecule has 6 heteroatoms. The van der Waals surface area contributed by atoms with Crippen molar-refractivity contribution in [3.05, 3.63) is 63.6 Å². The summed E-state index contributed by atoms with van der Waals surface area (Å²) in [5.41, 5.74) is 2.47. The molecular weight excluding hydrogens is 384 g/mol. The van der Waals surface area contributed by atoms with Crippen LogP contribution in [0.15, 0.2) is 46.9 Å². The monoisotopic (exact) mass is 404 g/mol. The molecule has 1 atom stereocenters. The van der Waals surface area contributed by atoms with Crippen LogP contribution in [0.5, 0.6) is 5.75 Å². The van der Waals surface area contributed by atoms with Crippen molar-refractivity contribution in [2.24, 2.45) is 0 Å². The largest absolute Gasteiger partial charge is 0.496 e. The molecule has 1 unspecified atom stereocenters. The molecule has 2 amide bonds. The highest BCUT2D eigenvalue weighted by Gasteiger charge is 2.13. The van der Waals surface area contributed by atoms with E-state index >= 15 is 0 Å². The fraction of sp³-hybridized carbons (Fsp3) is 0.263. The molecule has 0 fully saturated rings. The number of carbonyl (C=O) groups excluding carboxylic acids is 2. The van der Waals surface area contributed by atoms with Crippen LogP contribution in [0.3, 0.4) is 0 Å². The first-order valence-corrected chi connectivity index (χ1v) is 8.67. The maximum Gasteiger partial charge on any atom is 0.251 e. The van der Waals surface area contributed by atoms with Crippen molar-refractivity contribution >= 4 is 27.7 Å². The van der Waals surface area contributed by atoms with Gasteiger partial charge in [0.25, 0.3) is 5.91 Å². The standard InChI is InChI=1S/C19H21BrN2O3/c1-12-5-4-6-15(9-12)19(24)21-11-18(23)22-13(2)14-7-8-17(25-3)16(20)10-14/h4-10,13H,11H2,1-3H3,(H,21,24)(H,22,23). The topological polar surface area (TPSA) is 67.4 Å². The Bertz CT molecular complexity index is 777. The van der Waals surface area contributed by atoms with Crippen molar-refractivity contribution in [1.29, 1.82) is 0 Å². The van der Waals surface area contributed by atoms with E-state index in [2.05, 4.69) is 26.6 Å². The number of hydrogen-bond donors (Lipinski definition) is 2. The van der Waals surface area contributed by atoms with Crippen LogP contribution in [0.4, 0.5) is 0 Å². The molecule has 0 aliphatic carbocycles. The Morgan fingerprint density at radius 3 is 2.60 bits per heavy atom. The van der Waals surface area contributed by atoms with E-state index < -0.39 is 0 Å². The summed E-state index contributed by atoms with van der Waals surface area (Å²) in [5, 5.41) is 5.50. The van der Waals surface area contributed by atoms with Crippen LogP contribution in [0.25, 0.3) is 0 Å². The Kier molecular flexibility index (Phi) is 6.58. The third-order valence-corrected chi connectivity index (χ3v) is 4.36. The number of aryl methyl sites for hydroxylation is 1. The van der Waals surface area contributed by atoms with E-state index in [0.717, 1.165) is 21.3 Å². The molecular formula is C19H21BrN2O3. The summed E-state index contributed by atoms with van der Waals surface area (Å²) in [5.74, 6) is 0.215. The van der Waals surface area contributed by atoms with Crippen molar-refractivity contribution in [3.8, 4) is 5.75 Å². The van der Waals surface area contributed by atoms with E-state index in [4.69, 9.17) is 4.74 Å². The molecule has 0 aliphatic heterocycles. The zero-order valence-corrected chi connectivity index (χ0v) is 16.0. The molecule has 0 heterocycles. The summed E-state index contributed by atoms with van der Waals surface area (Å²) in [6.07, 6.45) is 0. The zero-order chi connectivity index (χ0) is 18.4. The van der Waals surface area contributed by atoms with Gasteiger partial charge in [0.05, 0.1) is 24.2 Å². The Morgan fingerprint density at radius 1 is 1.20 bits per heavy atom. The lowest BCUT2D eigenvalue weighted by Crippen LogP contribution is -2.38. The fourth-order valence-electron chi connectivity index (χ4n) is 2.38. The van der Waals surface area contributed by atoms with Gasteiger partial charge < -0.3 is 15.4 Å². The van der Waals surface area contributed by atoms with Crippen LogP contribution in [0, 0.1) is 6.92 Å². The van der Waals surface area contributed by atoms with E-state index in [9.17, 15) is 9.59 Å². The number of halogens is 1. The maximum absolute atomic E-state index is 12.1. The average molecular weight is 405 g/mol. The highest BCUT2D eigenvalue weighted by atomic mass is 79.9. The number of nitrogens with one attached hydrogen (secondary N) is 2. The van der Waals surface area contributed by atoms with Gasteiger partial charge in [0.15, 0.2) is 0 Å². The van der Waals surface area contributed by atoms with Gasteiger partial charge in [0.1, 0.15) is 5.75 Å². The number of methoxy groups -OCH3 is 1. The van der Waals surface area contributed by atoms with Crippen LogP contribution < -0.4 is 15.4 Å². The van der Waals surface area contributed by atoms with Gasteiger partial charge in [0, 0.05) is 5.56 Å².